The summed E-state index contributed by atoms with van der Waals surface area (Å²) >= 11 is 1.95. The molecular formula is C20H25NO2S. The number of methoxy groups -OCH3 is 2. The van der Waals surface area contributed by atoms with E-state index in [2.05, 4.69) is 47.4 Å². The highest BCUT2D eigenvalue weighted by atomic mass is 32.2. The first kappa shape index (κ1) is 17.2. The van der Waals surface area contributed by atoms with Gasteiger partial charge >= 0.3 is 0 Å². The Bertz CT molecular complexity index is 647. The lowest BCUT2D eigenvalue weighted by Gasteiger charge is -2.32. The van der Waals surface area contributed by atoms with E-state index < -0.39 is 0 Å². The third-order valence-corrected chi connectivity index (χ3v) is 5.61. The molecule has 2 aromatic rings. The van der Waals surface area contributed by atoms with E-state index in [0.717, 1.165) is 24.6 Å². The molecule has 0 bridgehead atoms. The Labute approximate surface area is 149 Å². The lowest BCUT2D eigenvalue weighted by Crippen LogP contribution is -2.36. The highest BCUT2D eigenvalue weighted by Crippen LogP contribution is 2.35. The Kier molecular flexibility index (Phi) is 6.05. The number of nitrogens with zero attached hydrogens (tertiary/aromatic N) is 1. The quantitative estimate of drug-likeness (QED) is 0.772. The van der Waals surface area contributed by atoms with Crippen LogP contribution in [0.3, 0.4) is 0 Å². The summed E-state index contributed by atoms with van der Waals surface area (Å²) in [6.45, 7) is 3.37. The van der Waals surface area contributed by atoms with E-state index in [0.29, 0.717) is 5.25 Å². The number of rotatable bonds is 6. The van der Waals surface area contributed by atoms with Crippen molar-refractivity contribution in [1.82, 2.24) is 4.90 Å². The van der Waals surface area contributed by atoms with Gasteiger partial charge in [0.15, 0.2) is 11.5 Å². The fourth-order valence-electron chi connectivity index (χ4n) is 3.18. The third kappa shape index (κ3) is 4.46. The number of likely N-dealkylation sites (tertiary alicyclic amines) is 1. The van der Waals surface area contributed by atoms with Crippen LogP contribution in [0.5, 0.6) is 11.5 Å². The molecule has 0 radical (unpaired) electrons. The molecule has 1 fully saturated rings. The predicted octanol–water partition coefficient (Wildman–Crippen LogP) is 4.46. The number of benzene rings is 2. The molecule has 1 aliphatic rings. The normalized spacial score (nSPS) is 18.3. The first-order valence-electron chi connectivity index (χ1n) is 8.43. The van der Waals surface area contributed by atoms with Gasteiger partial charge < -0.3 is 9.47 Å². The fraction of sp³-hybridized carbons (Fsp3) is 0.400. The second kappa shape index (κ2) is 8.45. The van der Waals surface area contributed by atoms with Gasteiger partial charge in [-0.15, -0.1) is 11.8 Å². The maximum Gasteiger partial charge on any atom is 0.161 e. The minimum Gasteiger partial charge on any atom is -0.493 e. The molecule has 1 heterocycles. The van der Waals surface area contributed by atoms with E-state index in [1.807, 2.05) is 17.8 Å². The lowest BCUT2D eigenvalue weighted by molar-refractivity contribution is 0.226. The largest absolute Gasteiger partial charge is 0.493 e. The summed E-state index contributed by atoms with van der Waals surface area (Å²) in [6, 6.07) is 16.9. The standard InChI is InChI=1S/C20H25NO2S/c1-22-19-11-10-17(13-20(19)23-2)24-18-9-6-12-21(15-18)14-16-7-4-3-5-8-16/h3-5,7-8,10-11,13,18H,6,9,12,14-15H2,1-2H3. The summed E-state index contributed by atoms with van der Waals surface area (Å²) < 4.78 is 10.7. The maximum absolute atomic E-state index is 5.42. The number of hydrogen-bond acceptors (Lipinski definition) is 4. The van der Waals surface area contributed by atoms with Crippen LogP contribution in [-0.2, 0) is 6.54 Å². The second-order valence-electron chi connectivity index (χ2n) is 6.12. The van der Waals surface area contributed by atoms with Crippen LogP contribution >= 0.6 is 11.8 Å². The average Bonchev–Trinajstić information content (AvgIpc) is 2.63. The molecule has 1 saturated heterocycles. The number of piperidine rings is 1. The van der Waals surface area contributed by atoms with Gasteiger partial charge in [-0.05, 0) is 43.1 Å². The number of hydrogen-bond donors (Lipinski definition) is 0. The van der Waals surface area contributed by atoms with E-state index >= 15 is 0 Å². The van der Waals surface area contributed by atoms with Crippen molar-refractivity contribution in [2.75, 3.05) is 27.3 Å². The zero-order valence-electron chi connectivity index (χ0n) is 14.4. The van der Waals surface area contributed by atoms with Crippen molar-refractivity contribution in [1.29, 1.82) is 0 Å². The Balaban J connectivity index is 1.61. The van der Waals surface area contributed by atoms with Crippen LogP contribution in [0.4, 0.5) is 0 Å². The van der Waals surface area contributed by atoms with Crippen molar-refractivity contribution in [2.24, 2.45) is 0 Å². The summed E-state index contributed by atoms with van der Waals surface area (Å²) in [7, 11) is 3.36. The van der Waals surface area contributed by atoms with Gasteiger partial charge in [-0.25, -0.2) is 0 Å². The van der Waals surface area contributed by atoms with Gasteiger partial charge in [-0.2, -0.15) is 0 Å². The monoisotopic (exact) mass is 343 g/mol. The molecule has 0 amide bonds. The molecule has 0 N–H and O–H groups in total. The van der Waals surface area contributed by atoms with Crippen molar-refractivity contribution in [3.63, 3.8) is 0 Å². The minimum absolute atomic E-state index is 0.626. The van der Waals surface area contributed by atoms with E-state index in [1.165, 1.54) is 29.8 Å². The van der Waals surface area contributed by atoms with Crippen LogP contribution < -0.4 is 9.47 Å². The highest BCUT2D eigenvalue weighted by Gasteiger charge is 2.21. The molecule has 2 aromatic carbocycles. The molecule has 3 nitrogen and oxygen atoms in total. The average molecular weight is 343 g/mol. The van der Waals surface area contributed by atoms with Crippen molar-refractivity contribution in [3.05, 3.63) is 54.1 Å². The number of thioether (sulfide) groups is 1. The summed E-state index contributed by atoms with van der Waals surface area (Å²) in [5.41, 5.74) is 1.40. The van der Waals surface area contributed by atoms with Gasteiger partial charge in [0.05, 0.1) is 14.2 Å². The molecule has 0 aliphatic carbocycles. The van der Waals surface area contributed by atoms with Gasteiger partial charge in [0.2, 0.25) is 0 Å². The molecule has 3 rings (SSSR count). The van der Waals surface area contributed by atoms with Crippen LogP contribution in [0.1, 0.15) is 18.4 Å². The van der Waals surface area contributed by atoms with Crippen molar-refractivity contribution in [2.45, 2.75) is 29.5 Å². The predicted molar refractivity (Wildman–Crippen MR) is 100 cm³/mol. The minimum atomic E-state index is 0.626. The molecule has 0 spiro atoms. The van der Waals surface area contributed by atoms with E-state index in [1.54, 1.807) is 14.2 Å². The molecule has 1 aliphatic heterocycles. The zero-order valence-corrected chi connectivity index (χ0v) is 15.2. The Morgan fingerprint density at radius 2 is 1.83 bits per heavy atom. The second-order valence-corrected chi connectivity index (χ2v) is 7.49. The van der Waals surface area contributed by atoms with Crippen molar-refractivity contribution >= 4 is 11.8 Å². The Hall–Kier alpha value is -1.65. The fourth-order valence-corrected chi connectivity index (χ4v) is 4.45. The molecule has 24 heavy (non-hydrogen) atoms. The van der Waals surface area contributed by atoms with Gasteiger partial charge in [-0.3, -0.25) is 4.90 Å². The van der Waals surface area contributed by atoms with Crippen molar-refractivity contribution < 1.29 is 9.47 Å². The summed E-state index contributed by atoms with van der Waals surface area (Å²) in [5, 5.41) is 0.626. The van der Waals surface area contributed by atoms with Gasteiger partial charge in [0.1, 0.15) is 0 Å². The SMILES string of the molecule is COc1ccc(SC2CCCN(Cc3ccccc3)C2)cc1OC. The van der Waals surface area contributed by atoms with Gasteiger partial charge in [0, 0.05) is 23.2 Å². The molecule has 4 heteroatoms. The van der Waals surface area contributed by atoms with Crippen LogP contribution in [0, 0.1) is 0 Å². The lowest BCUT2D eigenvalue weighted by atomic mass is 10.1. The Morgan fingerprint density at radius 1 is 1.04 bits per heavy atom. The third-order valence-electron chi connectivity index (χ3n) is 4.37. The van der Waals surface area contributed by atoms with Crippen LogP contribution in [0.15, 0.2) is 53.4 Å². The zero-order chi connectivity index (χ0) is 16.8. The van der Waals surface area contributed by atoms with E-state index in [9.17, 15) is 0 Å². The molecular weight excluding hydrogens is 318 g/mol. The van der Waals surface area contributed by atoms with Crippen molar-refractivity contribution in [3.8, 4) is 11.5 Å². The topological polar surface area (TPSA) is 21.7 Å². The first-order chi connectivity index (χ1) is 11.8. The molecule has 0 aromatic heterocycles. The smallest absolute Gasteiger partial charge is 0.161 e. The van der Waals surface area contributed by atoms with Gasteiger partial charge in [-0.1, -0.05) is 30.3 Å². The van der Waals surface area contributed by atoms with Crippen LogP contribution in [0.2, 0.25) is 0 Å². The Morgan fingerprint density at radius 3 is 2.58 bits per heavy atom. The summed E-state index contributed by atoms with van der Waals surface area (Å²) in [4.78, 5) is 3.82. The molecule has 0 saturated carbocycles. The van der Waals surface area contributed by atoms with Crippen LogP contribution in [-0.4, -0.2) is 37.5 Å². The van der Waals surface area contributed by atoms with E-state index in [4.69, 9.17) is 9.47 Å². The van der Waals surface area contributed by atoms with Crippen LogP contribution in [0.25, 0.3) is 0 Å². The highest BCUT2D eigenvalue weighted by molar-refractivity contribution is 8.00. The maximum atomic E-state index is 5.42. The summed E-state index contributed by atoms with van der Waals surface area (Å²) in [5.74, 6) is 1.59. The molecule has 1 atom stereocenters. The molecule has 1 unspecified atom stereocenters. The van der Waals surface area contributed by atoms with E-state index in [-0.39, 0.29) is 0 Å². The first-order valence-corrected chi connectivity index (χ1v) is 9.31. The van der Waals surface area contributed by atoms with Gasteiger partial charge in [0.25, 0.3) is 0 Å². The number of ether oxygens (including phenoxy) is 2. The molecule has 128 valence electrons. The summed E-state index contributed by atoms with van der Waals surface area (Å²) in [6.07, 6.45) is 2.53.